The molecular formula is C46H92NO8P. The van der Waals surface area contributed by atoms with E-state index >= 15 is 0 Å². The van der Waals surface area contributed by atoms with E-state index in [1.165, 1.54) is 167 Å². The van der Waals surface area contributed by atoms with E-state index in [-0.39, 0.29) is 32.0 Å². The summed E-state index contributed by atoms with van der Waals surface area (Å²) in [4.78, 5) is 37.5. The summed E-state index contributed by atoms with van der Waals surface area (Å²) in [7, 11) is 1.18. The molecule has 10 heteroatoms. The summed E-state index contributed by atoms with van der Waals surface area (Å²) in [6, 6.07) is 0. The Morgan fingerprint density at radius 3 is 1.14 bits per heavy atom. The summed E-state index contributed by atoms with van der Waals surface area (Å²) in [5, 5.41) is 0. The van der Waals surface area contributed by atoms with Crippen LogP contribution in [0.15, 0.2) is 0 Å². The first-order valence-electron chi connectivity index (χ1n) is 23.7. The molecule has 0 aliphatic carbocycles. The average molecular weight is 818 g/mol. The van der Waals surface area contributed by atoms with E-state index < -0.39 is 26.5 Å². The topological polar surface area (TPSA) is 111 Å². The van der Waals surface area contributed by atoms with Crippen LogP contribution in [0.3, 0.4) is 0 Å². The van der Waals surface area contributed by atoms with Crippen LogP contribution in [0.4, 0.5) is 0 Å². The molecule has 0 saturated carbocycles. The molecule has 0 heterocycles. The molecule has 0 bridgehead atoms. The number of rotatable bonds is 44. The Morgan fingerprint density at radius 2 is 0.804 bits per heavy atom. The molecule has 0 aliphatic rings. The highest BCUT2D eigenvalue weighted by Gasteiger charge is 2.21. The molecule has 2 atom stereocenters. The lowest BCUT2D eigenvalue weighted by Crippen LogP contribution is -2.37. The fraction of sp³-hybridized carbons (Fsp3) is 0.957. The van der Waals surface area contributed by atoms with Crippen molar-refractivity contribution in [3.63, 3.8) is 0 Å². The molecule has 9 nitrogen and oxygen atoms in total. The minimum atomic E-state index is -4.61. The van der Waals surface area contributed by atoms with Gasteiger partial charge in [-0.15, -0.1) is 0 Å². The van der Waals surface area contributed by atoms with Gasteiger partial charge in [0.2, 0.25) is 0 Å². The van der Waals surface area contributed by atoms with Gasteiger partial charge in [-0.05, 0) is 12.8 Å². The summed E-state index contributed by atoms with van der Waals surface area (Å²) in [6.07, 6.45) is 39.9. The van der Waals surface area contributed by atoms with E-state index in [1.54, 1.807) is 0 Å². The number of carbonyl (C=O) groups is 2. The number of ether oxygens (including phenoxy) is 2. The predicted octanol–water partition coefficient (Wildman–Crippen LogP) is 13.0. The number of quaternary nitrogens is 1. The summed E-state index contributed by atoms with van der Waals surface area (Å²) in [6.45, 7) is 4.26. The van der Waals surface area contributed by atoms with Gasteiger partial charge in [0.1, 0.15) is 19.8 Å². The van der Waals surface area contributed by atoms with Crippen LogP contribution < -0.4 is 4.89 Å². The maximum absolute atomic E-state index is 12.6. The Hall–Kier alpha value is -0.990. The molecule has 56 heavy (non-hydrogen) atoms. The van der Waals surface area contributed by atoms with Crippen molar-refractivity contribution in [1.29, 1.82) is 0 Å². The normalized spacial score (nSPS) is 13.5. The highest BCUT2D eigenvalue weighted by atomic mass is 31.2. The largest absolute Gasteiger partial charge is 0.756 e. The zero-order valence-electron chi connectivity index (χ0n) is 37.6. The predicted molar refractivity (Wildman–Crippen MR) is 232 cm³/mol. The maximum atomic E-state index is 12.6. The van der Waals surface area contributed by atoms with Crippen molar-refractivity contribution in [2.24, 2.45) is 0 Å². The van der Waals surface area contributed by atoms with Crippen LogP contribution >= 0.6 is 7.82 Å². The number of unbranched alkanes of at least 4 members (excludes halogenated alkanes) is 30. The molecule has 0 N–H and O–H groups in total. The third kappa shape index (κ3) is 42.6. The van der Waals surface area contributed by atoms with Crippen LogP contribution in [-0.4, -0.2) is 70.0 Å². The first kappa shape index (κ1) is 55.0. The second kappa shape index (κ2) is 39.5. The van der Waals surface area contributed by atoms with Gasteiger partial charge < -0.3 is 27.9 Å². The zero-order chi connectivity index (χ0) is 41.4. The molecule has 0 aliphatic heterocycles. The van der Waals surface area contributed by atoms with Crippen molar-refractivity contribution in [2.45, 2.75) is 238 Å². The third-order valence-corrected chi connectivity index (χ3v) is 11.6. The summed E-state index contributed by atoms with van der Waals surface area (Å²) in [5.41, 5.74) is 0. The number of hydrogen-bond acceptors (Lipinski definition) is 8. The number of esters is 2. The summed E-state index contributed by atoms with van der Waals surface area (Å²) in [5.74, 6) is -0.819. The Morgan fingerprint density at radius 1 is 0.482 bits per heavy atom. The van der Waals surface area contributed by atoms with Gasteiger partial charge in [0.25, 0.3) is 7.82 Å². The number of carbonyl (C=O) groups excluding carboxylic acids is 2. The van der Waals surface area contributed by atoms with Crippen LogP contribution in [0.2, 0.25) is 0 Å². The molecule has 0 fully saturated rings. The van der Waals surface area contributed by atoms with Gasteiger partial charge in [0.15, 0.2) is 6.10 Å². The molecule has 0 rings (SSSR count). The molecule has 0 radical (unpaired) electrons. The highest BCUT2D eigenvalue weighted by molar-refractivity contribution is 7.45. The molecule has 0 aromatic carbocycles. The SMILES string of the molecule is CCCCCCCCCCCCCCCCCCCCCCCC(=O)OCC(COP(=O)([O-])OCC[N+](C)(C)C)OC(=O)CCCCCCCCCCCCC. The summed E-state index contributed by atoms with van der Waals surface area (Å²) >= 11 is 0. The van der Waals surface area contributed by atoms with Gasteiger partial charge in [-0.1, -0.05) is 206 Å². The van der Waals surface area contributed by atoms with Gasteiger partial charge in [-0.3, -0.25) is 14.2 Å². The summed E-state index contributed by atoms with van der Waals surface area (Å²) < 4.78 is 33.9. The zero-order valence-corrected chi connectivity index (χ0v) is 38.5. The Balaban J connectivity index is 4.16. The minimum absolute atomic E-state index is 0.0257. The average Bonchev–Trinajstić information content (AvgIpc) is 3.15. The molecule has 334 valence electrons. The smallest absolute Gasteiger partial charge is 0.306 e. The fourth-order valence-corrected chi connectivity index (χ4v) is 7.62. The Bertz CT molecular complexity index is 927. The fourth-order valence-electron chi connectivity index (χ4n) is 6.89. The van der Waals surface area contributed by atoms with Crippen LogP contribution in [0.1, 0.15) is 232 Å². The molecule has 0 spiro atoms. The van der Waals surface area contributed by atoms with E-state index in [2.05, 4.69) is 13.8 Å². The highest BCUT2D eigenvalue weighted by Crippen LogP contribution is 2.38. The van der Waals surface area contributed by atoms with Crippen LogP contribution in [0, 0.1) is 0 Å². The van der Waals surface area contributed by atoms with E-state index in [4.69, 9.17) is 18.5 Å². The van der Waals surface area contributed by atoms with Crippen molar-refractivity contribution < 1.29 is 42.1 Å². The van der Waals surface area contributed by atoms with Gasteiger partial charge in [-0.25, -0.2) is 0 Å². The van der Waals surface area contributed by atoms with Crippen molar-refractivity contribution >= 4 is 19.8 Å². The van der Waals surface area contributed by atoms with Crippen molar-refractivity contribution in [3.05, 3.63) is 0 Å². The molecule has 0 aromatic rings. The quantitative estimate of drug-likeness (QED) is 0.0259. The first-order valence-corrected chi connectivity index (χ1v) is 25.2. The van der Waals surface area contributed by atoms with Crippen LogP contribution in [-0.2, 0) is 32.7 Å². The van der Waals surface area contributed by atoms with Crippen LogP contribution in [0.25, 0.3) is 0 Å². The molecule has 0 aromatic heterocycles. The van der Waals surface area contributed by atoms with Crippen molar-refractivity contribution in [3.8, 4) is 0 Å². The van der Waals surface area contributed by atoms with Gasteiger partial charge >= 0.3 is 11.9 Å². The van der Waals surface area contributed by atoms with Crippen molar-refractivity contribution in [1.82, 2.24) is 0 Å². The lowest BCUT2D eigenvalue weighted by Gasteiger charge is -2.28. The minimum Gasteiger partial charge on any atom is -0.756 e. The molecule has 0 saturated heterocycles. The lowest BCUT2D eigenvalue weighted by molar-refractivity contribution is -0.870. The monoisotopic (exact) mass is 818 g/mol. The molecular weight excluding hydrogens is 725 g/mol. The third-order valence-electron chi connectivity index (χ3n) is 10.6. The molecule has 2 unspecified atom stereocenters. The van der Waals surface area contributed by atoms with E-state index in [1.807, 2.05) is 21.1 Å². The van der Waals surface area contributed by atoms with Gasteiger partial charge in [0.05, 0.1) is 27.7 Å². The second-order valence-corrected chi connectivity index (χ2v) is 18.9. The number of hydrogen-bond donors (Lipinski definition) is 0. The number of likely N-dealkylation sites (N-methyl/N-ethyl adjacent to an activating group) is 1. The Labute approximate surface area is 346 Å². The Kier molecular flexibility index (Phi) is 38.8. The molecule has 0 amide bonds. The standard InChI is InChI=1S/C46H92NO8P/c1-6-8-10-12-14-16-18-19-20-21-22-23-24-25-26-27-29-30-32-34-36-38-45(48)52-42-44(43-54-56(50,51)53-41-40-47(3,4)5)55-46(49)39-37-35-33-31-28-17-15-13-11-9-7-2/h44H,6-43H2,1-5H3. The van der Waals surface area contributed by atoms with Crippen molar-refractivity contribution in [2.75, 3.05) is 47.5 Å². The van der Waals surface area contributed by atoms with Gasteiger partial charge in [-0.2, -0.15) is 0 Å². The maximum Gasteiger partial charge on any atom is 0.306 e. The number of nitrogens with zero attached hydrogens (tertiary/aromatic N) is 1. The number of phosphoric acid groups is 1. The first-order chi connectivity index (χ1) is 27.0. The second-order valence-electron chi connectivity index (χ2n) is 17.5. The number of phosphoric ester groups is 1. The van der Waals surface area contributed by atoms with E-state index in [9.17, 15) is 19.0 Å². The van der Waals surface area contributed by atoms with Crippen LogP contribution in [0.5, 0.6) is 0 Å². The van der Waals surface area contributed by atoms with Gasteiger partial charge in [0, 0.05) is 12.8 Å². The lowest BCUT2D eigenvalue weighted by atomic mass is 10.0. The van der Waals surface area contributed by atoms with E-state index in [0.717, 1.165) is 32.1 Å². The van der Waals surface area contributed by atoms with E-state index in [0.29, 0.717) is 17.4 Å².